The van der Waals surface area contributed by atoms with Gasteiger partial charge in [-0.1, -0.05) is 6.07 Å². The van der Waals surface area contributed by atoms with Gasteiger partial charge in [-0.2, -0.15) is 0 Å². The van der Waals surface area contributed by atoms with Crippen molar-refractivity contribution in [3.8, 4) is 5.75 Å². The molecule has 4 nitrogen and oxygen atoms in total. The molecule has 0 fully saturated rings. The normalized spacial score (nSPS) is 10.1. The molecule has 0 spiro atoms. The van der Waals surface area contributed by atoms with E-state index in [1.165, 1.54) is 23.5 Å². The maximum Gasteiger partial charge on any atom is 0.224 e. The minimum Gasteiger partial charge on any atom is -0.508 e. The number of anilines is 1. The minimum absolute atomic E-state index is 0.0177. The van der Waals surface area contributed by atoms with Gasteiger partial charge < -0.3 is 10.4 Å². The van der Waals surface area contributed by atoms with Gasteiger partial charge in [0.15, 0.2) is 5.78 Å². The Kier molecular flexibility index (Phi) is 4.30. The molecule has 1 amide bonds. The fourth-order valence-corrected chi connectivity index (χ4v) is 2.25. The van der Waals surface area contributed by atoms with Gasteiger partial charge in [-0.15, -0.1) is 11.3 Å². The maximum absolute atomic E-state index is 11.7. The number of nitrogens with one attached hydrogen (secondary N) is 1. The van der Waals surface area contributed by atoms with Gasteiger partial charge in [-0.25, -0.2) is 0 Å². The zero-order chi connectivity index (χ0) is 13.7. The minimum atomic E-state index is -0.212. The third-order valence-electron chi connectivity index (χ3n) is 2.53. The molecule has 1 aromatic heterocycles. The summed E-state index contributed by atoms with van der Waals surface area (Å²) in [6, 6.07) is 9.76. The lowest BCUT2D eigenvalue weighted by Gasteiger charge is -2.04. The van der Waals surface area contributed by atoms with Crippen molar-refractivity contribution in [1.29, 1.82) is 0 Å². The van der Waals surface area contributed by atoms with Crippen molar-refractivity contribution in [1.82, 2.24) is 0 Å². The molecule has 1 heterocycles. The molecule has 2 aromatic rings. The van der Waals surface area contributed by atoms with Gasteiger partial charge in [0.2, 0.25) is 5.91 Å². The van der Waals surface area contributed by atoms with Crippen molar-refractivity contribution in [3.63, 3.8) is 0 Å². The number of amides is 1. The van der Waals surface area contributed by atoms with Crippen LogP contribution in [0.3, 0.4) is 0 Å². The summed E-state index contributed by atoms with van der Waals surface area (Å²) in [6.07, 6.45) is 0.349. The predicted octanol–water partition coefficient (Wildman–Crippen LogP) is 3.06. The van der Waals surface area contributed by atoms with E-state index in [0.29, 0.717) is 10.6 Å². The largest absolute Gasteiger partial charge is 0.508 e. The Morgan fingerprint density at radius 1 is 1.11 bits per heavy atom. The number of ketones is 1. The molecular weight excluding hydrogens is 262 g/mol. The molecule has 0 saturated heterocycles. The number of hydrogen-bond acceptors (Lipinski definition) is 4. The highest BCUT2D eigenvalue weighted by Crippen LogP contribution is 2.15. The van der Waals surface area contributed by atoms with Gasteiger partial charge in [0.25, 0.3) is 0 Å². The Labute approximate surface area is 114 Å². The van der Waals surface area contributed by atoms with E-state index in [1.807, 2.05) is 11.4 Å². The molecule has 0 aliphatic heterocycles. The molecule has 0 radical (unpaired) electrons. The van der Waals surface area contributed by atoms with E-state index in [2.05, 4.69) is 5.32 Å². The van der Waals surface area contributed by atoms with Crippen LogP contribution in [0.1, 0.15) is 22.5 Å². The van der Waals surface area contributed by atoms with Gasteiger partial charge in [0, 0.05) is 18.5 Å². The number of benzene rings is 1. The summed E-state index contributed by atoms with van der Waals surface area (Å²) in [5.74, 6) is -0.0858. The van der Waals surface area contributed by atoms with E-state index >= 15 is 0 Å². The van der Waals surface area contributed by atoms with E-state index in [0.717, 1.165) is 0 Å². The number of thiophene rings is 1. The summed E-state index contributed by atoms with van der Waals surface area (Å²) in [6.45, 7) is 0. The number of phenolic OH excluding ortho intramolecular Hbond substituents is 1. The molecule has 0 aliphatic rings. The first-order chi connectivity index (χ1) is 9.15. The number of carbonyl (C=O) groups excluding carboxylic acids is 2. The van der Waals surface area contributed by atoms with E-state index in [9.17, 15) is 9.59 Å². The maximum atomic E-state index is 11.7. The van der Waals surface area contributed by atoms with Gasteiger partial charge >= 0.3 is 0 Å². The first-order valence-electron chi connectivity index (χ1n) is 5.81. The lowest BCUT2D eigenvalue weighted by molar-refractivity contribution is -0.116. The van der Waals surface area contributed by atoms with Crippen LogP contribution < -0.4 is 5.32 Å². The number of rotatable bonds is 5. The Balaban J connectivity index is 1.82. The van der Waals surface area contributed by atoms with E-state index in [4.69, 9.17) is 5.11 Å². The number of carbonyl (C=O) groups is 2. The van der Waals surface area contributed by atoms with Crippen molar-refractivity contribution < 1.29 is 14.7 Å². The highest BCUT2D eigenvalue weighted by molar-refractivity contribution is 7.12. The van der Waals surface area contributed by atoms with Crippen LogP contribution in [-0.4, -0.2) is 16.8 Å². The Bertz CT molecular complexity index is 561. The summed E-state index contributed by atoms with van der Waals surface area (Å²) in [5, 5.41) is 13.6. The third-order valence-corrected chi connectivity index (χ3v) is 3.44. The van der Waals surface area contributed by atoms with Crippen LogP contribution in [0.5, 0.6) is 5.75 Å². The molecule has 5 heteroatoms. The van der Waals surface area contributed by atoms with E-state index in [1.54, 1.807) is 18.2 Å². The molecule has 0 bridgehead atoms. The van der Waals surface area contributed by atoms with Crippen LogP contribution in [0.2, 0.25) is 0 Å². The molecule has 1 aromatic carbocycles. The topological polar surface area (TPSA) is 66.4 Å². The van der Waals surface area contributed by atoms with Crippen LogP contribution in [0.15, 0.2) is 41.8 Å². The lowest BCUT2D eigenvalue weighted by Crippen LogP contribution is -2.13. The SMILES string of the molecule is O=C(CCC(=O)c1cccs1)Nc1ccc(O)cc1. The Morgan fingerprint density at radius 2 is 1.84 bits per heavy atom. The summed E-state index contributed by atoms with van der Waals surface area (Å²) in [5.41, 5.74) is 0.603. The smallest absolute Gasteiger partial charge is 0.224 e. The van der Waals surface area contributed by atoms with Crippen molar-refractivity contribution in [2.24, 2.45) is 0 Å². The zero-order valence-electron chi connectivity index (χ0n) is 10.1. The average Bonchev–Trinajstić information content (AvgIpc) is 2.93. The number of phenols is 1. The van der Waals surface area contributed by atoms with Gasteiger partial charge in [0.1, 0.15) is 5.75 Å². The van der Waals surface area contributed by atoms with Crippen LogP contribution >= 0.6 is 11.3 Å². The summed E-state index contributed by atoms with van der Waals surface area (Å²) in [7, 11) is 0. The first-order valence-corrected chi connectivity index (χ1v) is 6.69. The molecule has 0 saturated carbocycles. The summed E-state index contributed by atoms with van der Waals surface area (Å²) in [4.78, 5) is 24.0. The van der Waals surface area contributed by atoms with Gasteiger partial charge in [0.05, 0.1) is 4.88 Å². The molecule has 0 unspecified atom stereocenters. The number of aromatic hydroxyl groups is 1. The molecule has 0 atom stereocenters. The lowest BCUT2D eigenvalue weighted by atomic mass is 10.2. The van der Waals surface area contributed by atoms with E-state index < -0.39 is 0 Å². The van der Waals surface area contributed by atoms with Gasteiger partial charge in [-0.05, 0) is 35.7 Å². The highest BCUT2D eigenvalue weighted by atomic mass is 32.1. The Morgan fingerprint density at radius 3 is 2.47 bits per heavy atom. The predicted molar refractivity (Wildman–Crippen MR) is 74.6 cm³/mol. The van der Waals surface area contributed by atoms with Crippen LogP contribution in [0, 0.1) is 0 Å². The molecule has 0 aliphatic carbocycles. The second kappa shape index (κ2) is 6.15. The third kappa shape index (κ3) is 3.93. The molecular formula is C14H13NO3S. The standard InChI is InChI=1S/C14H13NO3S/c16-11-5-3-10(4-6-11)15-14(18)8-7-12(17)13-2-1-9-19-13/h1-6,9,16H,7-8H2,(H,15,18). The van der Waals surface area contributed by atoms with Crippen LogP contribution in [0.4, 0.5) is 5.69 Å². The Hall–Kier alpha value is -2.14. The fourth-order valence-electron chi connectivity index (χ4n) is 1.56. The monoisotopic (exact) mass is 275 g/mol. The number of Topliss-reactive ketones (excluding diaryl/α,β-unsaturated/α-hetero) is 1. The molecule has 2 N–H and O–H groups in total. The van der Waals surface area contributed by atoms with Crippen LogP contribution in [-0.2, 0) is 4.79 Å². The average molecular weight is 275 g/mol. The van der Waals surface area contributed by atoms with Crippen molar-refractivity contribution >= 4 is 28.7 Å². The molecule has 19 heavy (non-hydrogen) atoms. The van der Waals surface area contributed by atoms with Crippen LogP contribution in [0.25, 0.3) is 0 Å². The molecule has 98 valence electrons. The summed E-state index contributed by atoms with van der Waals surface area (Å²) < 4.78 is 0. The second-order valence-electron chi connectivity index (χ2n) is 4.00. The van der Waals surface area contributed by atoms with E-state index in [-0.39, 0.29) is 30.3 Å². The van der Waals surface area contributed by atoms with Gasteiger partial charge in [-0.3, -0.25) is 9.59 Å². The zero-order valence-corrected chi connectivity index (χ0v) is 10.9. The highest BCUT2D eigenvalue weighted by Gasteiger charge is 2.10. The first kappa shape index (κ1) is 13.3. The van der Waals surface area contributed by atoms with Crippen molar-refractivity contribution in [3.05, 3.63) is 46.7 Å². The number of hydrogen-bond donors (Lipinski definition) is 2. The second-order valence-corrected chi connectivity index (χ2v) is 4.94. The summed E-state index contributed by atoms with van der Waals surface area (Å²) >= 11 is 1.38. The van der Waals surface area contributed by atoms with Crippen molar-refractivity contribution in [2.75, 3.05) is 5.32 Å². The quantitative estimate of drug-likeness (QED) is 0.651. The van der Waals surface area contributed by atoms with Crippen molar-refractivity contribution in [2.45, 2.75) is 12.8 Å². The molecule has 2 rings (SSSR count). The fraction of sp³-hybridized carbons (Fsp3) is 0.143.